The molecule has 1 saturated heterocycles. The number of benzene rings is 2. The third kappa shape index (κ3) is 11.1. The maximum Gasteiger partial charge on any atom is 0.408 e. The van der Waals surface area contributed by atoms with Crippen molar-refractivity contribution < 1.29 is 38.2 Å². The number of carbonyl (C=O) groups excluding carboxylic acids is 5. The van der Waals surface area contributed by atoms with Gasteiger partial charge < -0.3 is 24.8 Å². The van der Waals surface area contributed by atoms with Crippen LogP contribution >= 0.6 is 23.5 Å². The molecule has 1 heterocycles. The van der Waals surface area contributed by atoms with Gasteiger partial charge in [-0.05, 0) is 81.0 Å². The number of thioether (sulfide) groups is 2. The first kappa shape index (κ1) is 33.8. The van der Waals surface area contributed by atoms with Gasteiger partial charge in [0.1, 0.15) is 29.2 Å². The van der Waals surface area contributed by atoms with Crippen LogP contribution in [0.5, 0.6) is 11.5 Å². The van der Waals surface area contributed by atoms with E-state index in [1.807, 2.05) is 18.4 Å². The number of alkyl carbamates (subject to hydrolysis) is 1. The first-order valence-corrected chi connectivity index (χ1v) is 15.9. The second kappa shape index (κ2) is 15.7. The van der Waals surface area contributed by atoms with Gasteiger partial charge in [-0.3, -0.25) is 19.7 Å². The van der Waals surface area contributed by atoms with Gasteiger partial charge in [-0.15, -0.1) is 0 Å². The third-order valence-electron chi connectivity index (χ3n) is 6.13. The Bertz CT molecular complexity index is 1300. The highest BCUT2D eigenvalue weighted by Crippen LogP contribution is 2.26. The summed E-state index contributed by atoms with van der Waals surface area (Å²) < 4.78 is 16.1. The molecule has 1 aliphatic rings. The van der Waals surface area contributed by atoms with Crippen molar-refractivity contribution in [1.29, 1.82) is 0 Å². The van der Waals surface area contributed by atoms with E-state index < -0.39 is 40.9 Å². The minimum absolute atomic E-state index is 0.157. The number of hydrogen-bond donors (Lipinski definition) is 3. The fraction of sp³-hybridized carbons (Fsp3) is 0.433. The molecule has 3 unspecified atom stereocenters. The Morgan fingerprint density at radius 1 is 0.953 bits per heavy atom. The first-order valence-electron chi connectivity index (χ1n) is 13.6. The van der Waals surface area contributed by atoms with Gasteiger partial charge in [0.2, 0.25) is 11.8 Å². The van der Waals surface area contributed by atoms with Crippen LogP contribution in [0.25, 0.3) is 0 Å². The number of carbonyl (C=O) groups is 5. The normalized spacial score (nSPS) is 16.1. The summed E-state index contributed by atoms with van der Waals surface area (Å²) in [5.74, 6) is 0.343. The maximum atomic E-state index is 13.1. The predicted molar refractivity (Wildman–Crippen MR) is 165 cm³/mol. The number of rotatable bonds is 13. The van der Waals surface area contributed by atoms with Gasteiger partial charge in [-0.25, -0.2) is 9.59 Å². The van der Waals surface area contributed by atoms with Gasteiger partial charge in [0.25, 0.3) is 5.24 Å². The summed E-state index contributed by atoms with van der Waals surface area (Å²) in [5, 5.41) is 6.84. The summed E-state index contributed by atoms with van der Waals surface area (Å²) in [4.78, 5) is 61.2. The van der Waals surface area contributed by atoms with Crippen molar-refractivity contribution in [2.75, 3.05) is 19.1 Å². The molecule has 11 nitrogen and oxygen atoms in total. The van der Waals surface area contributed by atoms with Crippen LogP contribution in [0, 0.1) is 0 Å². The lowest BCUT2D eigenvalue weighted by Crippen LogP contribution is -2.53. The van der Waals surface area contributed by atoms with Gasteiger partial charge >= 0.3 is 12.1 Å². The van der Waals surface area contributed by atoms with Crippen molar-refractivity contribution >= 4 is 52.6 Å². The predicted octanol–water partition coefficient (Wildman–Crippen LogP) is 4.22. The number of esters is 1. The Labute approximate surface area is 259 Å². The molecule has 3 atom stereocenters. The highest BCUT2D eigenvalue weighted by molar-refractivity contribution is 8.15. The van der Waals surface area contributed by atoms with E-state index in [0.29, 0.717) is 30.1 Å². The largest absolute Gasteiger partial charge is 0.467 e. The van der Waals surface area contributed by atoms with Crippen LogP contribution < -0.4 is 20.7 Å². The Balaban J connectivity index is 1.60. The molecule has 2 aromatic rings. The van der Waals surface area contributed by atoms with E-state index in [4.69, 9.17) is 14.2 Å². The minimum Gasteiger partial charge on any atom is -0.467 e. The molecule has 43 heavy (non-hydrogen) atoms. The van der Waals surface area contributed by atoms with E-state index in [2.05, 4.69) is 16.0 Å². The lowest BCUT2D eigenvalue weighted by Gasteiger charge is -2.25. The quantitative estimate of drug-likeness (QED) is 0.274. The molecule has 0 spiro atoms. The summed E-state index contributed by atoms with van der Waals surface area (Å²) in [7, 11) is 1.24. The van der Waals surface area contributed by atoms with Crippen LogP contribution in [0.4, 0.5) is 9.59 Å². The summed E-state index contributed by atoms with van der Waals surface area (Å²) in [6.45, 7) is 5.19. The van der Waals surface area contributed by atoms with E-state index in [1.165, 1.54) is 18.9 Å². The van der Waals surface area contributed by atoms with E-state index >= 15 is 0 Å². The number of nitrogens with one attached hydrogen (secondary N) is 3. The molecule has 13 heteroatoms. The smallest absolute Gasteiger partial charge is 0.408 e. The highest BCUT2D eigenvalue weighted by Gasteiger charge is 2.31. The van der Waals surface area contributed by atoms with Crippen molar-refractivity contribution in [2.24, 2.45) is 0 Å². The Morgan fingerprint density at radius 3 is 2.07 bits per heavy atom. The second-order valence-corrected chi connectivity index (χ2v) is 12.9. The number of amides is 4. The topological polar surface area (TPSA) is 149 Å². The molecule has 0 saturated carbocycles. The molecule has 232 valence electrons. The summed E-state index contributed by atoms with van der Waals surface area (Å²) in [6, 6.07) is 12.4. The SMILES string of the molecule is COC(=O)C(Cc1ccc(Oc2ccc(CC3SC(=O)NC3=O)cc2)cc1)NC(=O)C(CCSC)NC(=O)OC(C)(C)C. The van der Waals surface area contributed by atoms with Gasteiger partial charge in [-0.2, -0.15) is 11.8 Å². The van der Waals surface area contributed by atoms with Crippen LogP contribution in [0.3, 0.4) is 0 Å². The number of ether oxygens (including phenoxy) is 3. The molecule has 2 aromatic carbocycles. The maximum absolute atomic E-state index is 13.1. The van der Waals surface area contributed by atoms with Crippen LogP contribution in [0.2, 0.25) is 0 Å². The van der Waals surface area contributed by atoms with Gasteiger partial charge in [0.15, 0.2) is 0 Å². The van der Waals surface area contributed by atoms with Crippen molar-refractivity contribution in [2.45, 2.75) is 63.0 Å². The van der Waals surface area contributed by atoms with Crippen LogP contribution in [-0.4, -0.2) is 71.2 Å². The van der Waals surface area contributed by atoms with Crippen molar-refractivity contribution in [3.05, 3.63) is 59.7 Å². The van der Waals surface area contributed by atoms with Crippen LogP contribution in [-0.2, 0) is 36.7 Å². The van der Waals surface area contributed by atoms with Gasteiger partial charge in [0, 0.05) is 6.42 Å². The van der Waals surface area contributed by atoms with Crippen molar-refractivity contribution in [1.82, 2.24) is 16.0 Å². The third-order valence-corrected chi connectivity index (χ3v) is 7.76. The van der Waals surface area contributed by atoms with E-state index in [9.17, 15) is 24.0 Å². The first-order chi connectivity index (χ1) is 20.4. The molecule has 0 radical (unpaired) electrons. The lowest BCUT2D eigenvalue weighted by molar-refractivity contribution is -0.145. The number of hydrogen-bond acceptors (Lipinski definition) is 10. The van der Waals surface area contributed by atoms with E-state index in [-0.39, 0.29) is 17.6 Å². The summed E-state index contributed by atoms with van der Waals surface area (Å²) in [6.07, 6.45) is 2.12. The average Bonchev–Trinajstić information content (AvgIpc) is 3.26. The molecule has 0 aliphatic carbocycles. The van der Waals surface area contributed by atoms with Crippen molar-refractivity contribution in [3.8, 4) is 11.5 Å². The average molecular weight is 632 g/mol. The zero-order valence-corrected chi connectivity index (χ0v) is 26.4. The summed E-state index contributed by atoms with van der Waals surface area (Å²) >= 11 is 2.52. The molecular formula is C30H37N3O8S2. The van der Waals surface area contributed by atoms with Crippen LogP contribution in [0.1, 0.15) is 38.3 Å². The molecule has 3 N–H and O–H groups in total. The molecule has 3 rings (SSSR count). The fourth-order valence-corrected chi connectivity index (χ4v) is 5.39. The monoisotopic (exact) mass is 631 g/mol. The van der Waals surface area contributed by atoms with Crippen LogP contribution in [0.15, 0.2) is 48.5 Å². The molecule has 0 aromatic heterocycles. The molecule has 1 aliphatic heterocycles. The molecule has 1 fully saturated rings. The molecular weight excluding hydrogens is 594 g/mol. The standard InChI is InChI=1S/C30H37N3O8S2/c1-30(2,3)41-28(37)32-22(14-15-42-5)25(34)31-23(27(36)39-4)16-18-6-10-20(11-7-18)40-21-12-8-19(9-13-21)17-24-26(35)33-29(38)43-24/h6-13,22-24H,14-17H2,1-5H3,(H,31,34)(H,32,37)(H,33,35,38). The van der Waals surface area contributed by atoms with Gasteiger partial charge in [-0.1, -0.05) is 36.0 Å². The Hall–Kier alpha value is -3.71. The molecule has 4 amide bonds. The fourth-order valence-electron chi connectivity index (χ4n) is 4.06. The lowest BCUT2D eigenvalue weighted by atomic mass is 10.0. The second-order valence-electron chi connectivity index (χ2n) is 10.7. The van der Waals surface area contributed by atoms with Crippen molar-refractivity contribution in [3.63, 3.8) is 0 Å². The zero-order chi connectivity index (χ0) is 31.6. The Kier molecular flexibility index (Phi) is 12.3. The Morgan fingerprint density at radius 2 is 1.56 bits per heavy atom. The summed E-state index contributed by atoms with van der Waals surface area (Å²) in [5.41, 5.74) is 0.925. The minimum atomic E-state index is -0.982. The zero-order valence-electron chi connectivity index (χ0n) is 24.8. The van der Waals surface area contributed by atoms with E-state index in [0.717, 1.165) is 22.9 Å². The van der Waals surface area contributed by atoms with E-state index in [1.54, 1.807) is 57.2 Å². The highest BCUT2D eigenvalue weighted by atomic mass is 32.2. The number of methoxy groups -OCH3 is 1. The number of imide groups is 1. The van der Waals surface area contributed by atoms with Gasteiger partial charge in [0.05, 0.1) is 12.4 Å². The molecule has 0 bridgehead atoms.